The molecule has 1 aromatic heterocycles. The average molecular weight is 323 g/mol. The quantitative estimate of drug-likeness (QED) is 0.843. The SMILES string of the molecule is Cn1cncc1CN(CCO)C(=O)CCc1ccc(F)c(F)c1. The first-order valence-corrected chi connectivity index (χ1v) is 7.29. The molecule has 0 aliphatic rings. The van der Waals surface area contributed by atoms with Crippen LogP contribution in [0.4, 0.5) is 8.78 Å². The van der Waals surface area contributed by atoms with Gasteiger partial charge >= 0.3 is 0 Å². The summed E-state index contributed by atoms with van der Waals surface area (Å²) in [7, 11) is 1.82. The molecule has 7 heteroatoms. The summed E-state index contributed by atoms with van der Waals surface area (Å²) in [6.07, 6.45) is 3.76. The lowest BCUT2D eigenvalue weighted by molar-refractivity contribution is -0.132. The summed E-state index contributed by atoms with van der Waals surface area (Å²) in [6, 6.07) is 3.61. The summed E-state index contributed by atoms with van der Waals surface area (Å²) in [6.45, 7) is 0.407. The number of benzene rings is 1. The van der Waals surface area contributed by atoms with Crippen molar-refractivity contribution in [2.75, 3.05) is 13.2 Å². The Bertz CT molecular complexity index is 673. The van der Waals surface area contributed by atoms with E-state index in [2.05, 4.69) is 4.98 Å². The number of halogens is 2. The van der Waals surface area contributed by atoms with Gasteiger partial charge < -0.3 is 14.6 Å². The number of amides is 1. The van der Waals surface area contributed by atoms with Crippen LogP contribution in [0.2, 0.25) is 0 Å². The van der Waals surface area contributed by atoms with Gasteiger partial charge in [0.05, 0.1) is 25.2 Å². The first-order chi connectivity index (χ1) is 11.0. The number of rotatable bonds is 7. The molecule has 0 aliphatic heterocycles. The smallest absolute Gasteiger partial charge is 0.223 e. The number of nitrogens with zero attached hydrogens (tertiary/aromatic N) is 3. The number of aliphatic hydroxyl groups is 1. The predicted octanol–water partition coefficient (Wildman–Crippen LogP) is 1.65. The highest BCUT2D eigenvalue weighted by atomic mass is 19.2. The largest absolute Gasteiger partial charge is 0.395 e. The fraction of sp³-hybridized carbons (Fsp3) is 0.375. The lowest BCUT2D eigenvalue weighted by Crippen LogP contribution is -2.33. The average Bonchev–Trinajstić information content (AvgIpc) is 2.93. The minimum absolute atomic E-state index is 0.144. The first kappa shape index (κ1) is 17.1. The van der Waals surface area contributed by atoms with E-state index in [-0.39, 0.29) is 25.5 Å². The Morgan fingerprint density at radius 1 is 1.35 bits per heavy atom. The third kappa shape index (κ3) is 4.59. The van der Waals surface area contributed by atoms with Gasteiger partial charge in [-0.3, -0.25) is 4.79 Å². The molecule has 5 nitrogen and oxygen atoms in total. The number of imidazole rings is 1. The van der Waals surface area contributed by atoms with Crippen molar-refractivity contribution in [1.82, 2.24) is 14.5 Å². The van der Waals surface area contributed by atoms with Gasteiger partial charge in [0, 0.05) is 26.2 Å². The molecular weight excluding hydrogens is 304 g/mol. The van der Waals surface area contributed by atoms with Crippen LogP contribution >= 0.6 is 0 Å². The number of aryl methyl sites for hydroxylation is 2. The van der Waals surface area contributed by atoms with Gasteiger partial charge in [0.1, 0.15) is 0 Å². The molecule has 0 atom stereocenters. The van der Waals surface area contributed by atoms with Crippen LogP contribution in [0.3, 0.4) is 0 Å². The summed E-state index contributed by atoms with van der Waals surface area (Å²) in [5.74, 6) is -1.99. The molecule has 0 bridgehead atoms. The van der Waals surface area contributed by atoms with Crippen molar-refractivity contribution in [2.45, 2.75) is 19.4 Å². The van der Waals surface area contributed by atoms with Crippen LogP contribution < -0.4 is 0 Å². The molecule has 1 N–H and O–H groups in total. The van der Waals surface area contributed by atoms with Crippen molar-refractivity contribution in [3.63, 3.8) is 0 Å². The van der Waals surface area contributed by atoms with Gasteiger partial charge in [-0.1, -0.05) is 6.07 Å². The molecular formula is C16H19F2N3O2. The van der Waals surface area contributed by atoms with Gasteiger partial charge in [-0.2, -0.15) is 0 Å². The van der Waals surface area contributed by atoms with Crippen LogP contribution in [-0.4, -0.2) is 38.6 Å². The highest BCUT2D eigenvalue weighted by Gasteiger charge is 2.15. The highest BCUT2D eigenvalue weighted by Crippen LogP contribution is 2.12. The summed E-state index contributed by atoms with van der Waals surface area (Å²) in [4.78, 5) is 17.8. The van der Waals surface area contributed by atoms with Crippen LogP contribution in [0.1, 0.15) is 17.7 Å². The molecule has 124 valence electrons. The van der Waals surface area contributed by atoms with Gasteiger partial charge in [0.25, 0.3) is 0 Å². The summed E-state index contributed by atoms with van der Waals surface area (Å²) >= 11 is 0. The Hall–Kier alpha value is -2.28. The molecule has 0 saturated carbocycles. The van der Waals surface area contributed by atoms with Crippen LogP contribution in [0.25, 0.3) is 0 Å². The number of aromatic nitrogens is 2. The minimum Gasteiger partial charge on any atom is -0.395 e. The summed E-state index contributed by atoms with van der Waals surface area (Å²) < 4.78 is 27.9. The van der Waals surface area contributed by atoms with Gasteiger partial charge in [-0.25, -0.2) is 13.8 Å². The number of hydrogen-bond acceptors (Lipinski definition) is 3. The lowest BCUT2D eigenvalue weighted by Gasteiger charge is -2.22. The standard InChI is InChI=1S/C16H19F2N3O2/c1-20-11-19-9-13(20)10-21(6-7-22)16(23)5-3-12-2-4-14(17)15(18)8-12/h2,4,8-9,11,22H,3,5-7,10H2,1H3. The zero-order valence-electron chi connectivity index (χ0n) is 12.9. The second kappa shape index (κ2) is 7.82. The first-order valence-electron chi connectivity index (χ1n) is 7.29. The van der Waals surface area contributed by atoms with E-state index in [0.717, 1.165) is 17.8 Å². The van der Waals surface area contributed by atoms with Crippen LogP contribution in [0.5, 0.6) is 0 Å². The molecule has 23 heavy (non-hydrogen) atoms. The maximum absolute atomic E-state index is 13.2. The van der Waals surface area contributed by atoms with Crippen molar-refractivity contribution in [1.29, 1.82) is 0 Å². The van der Waals surface area contributed by atoms with Crippen molar-refractivity contribution in [3.8, 4) is 0 Å². The fourth-order valence-corrected chi connectivity index (χ4v) is 2.25. The van der Waals surface area contributed by atoms with E-state index in [9.17, 15) is 13.6 Å². The minimum atomic E-state index is -0.919. The maximum Gasteiger partial charge on any atom is 0.223 e. The van der Waals surface area contributed by atoms with Crippen molar-refractivity contribution >= 4 is 5.91 Å². The van der Waals surface area contributed by atoms with Crippen molar-refractivity contribution in [3.05, 3.63) is 53.6 Å². The molecule has 1 heterocycles. The predicted molar refractivity (Wildman–Crippen MR) is 80.4 cm³/mol. The molecule has 0 radical (unpaired) electrons. The number of hydrogen-bond donors (Lipinski definition) is 1. The van der Waals surface area contributed by atoms with E-state index < -0.39 is 11.6 Å². The number of aliphatic hydroxyl groups excluding tert-OH is 1. The Morgan fingerprint density at radius 3 is 2.74 bits per heavy atom. The van der Waals surface area contributed by atoms with E-state index in [1.807, 2.05) is 7.05 Å². The molecule has 1 amide bonds. The van der Waals surface area contributed by atoms with E-state index in [0.29, 0.717) is 18.5 Å². The second-order valence-electron chi connectivity index (χ2n) is 5.28. The van der Waals surface area contributed by atoms with Gasteiger partial charge in [-0.15, -0.1) is 0 Å². The van der Waals surface area contributed by atoms with E-state index in [1.54, 1.807) is 17.1 Å². The molecule has 0 aliphatic carbocycles. The molecule has 0 spiro atoms. The van der Waals surface area contributed by atoms with Gasteiger partial charge in [-0.05, 0) is 24.1 Å². The molecule has 2 aromatic rings. The molecule has 0 saturated heterocycles. The third-order valence-electron chi connectivity index (χ3n) is 3.60. The summed E-state index contributed by atoms with van der Waals surface area (Å²) in [5.41, 5.74) is 1.40. The monoisotopic (exact) mass is 323 g/mol. The van der Waals surface area contributed by atoms with Crippen molar-refractivity contribution < 1.29 is 18.7 Å². The normalized spacial score (nSPS) is 10.8. The van der Waals surface area contributed by atoms with Gasteiger partial charge in [0.2, 0.25) is 5.91 Å². The maximum atomic E-state index is 13.2. The summed E-state index contributed by atoms with van der Waals surface area (Å²) in [5, 5.41) is 9.13. The lowest BCUT2D eigenvalue weighted by atomic mass is 10.1. The van der Waals surface area contributed by atoms with E-state index in [1.165, 1.54) is 11.0 Å². The third-order valence-corrected chi connectivity index (χ3v) is 3.60. The Labute approximate surface area is 133 Å². The highest BCUT2D eigenvalue weighted by molar-refractivity contribution is 5.76. The number of carbonyl (C=O) groups is 1. The van der Waals surface area contributed by atoms with Crippen molar-refractivity contribution in [2.24, 2.45) is 7.05 Å². The van der Waals surface area contributed by atoms with Crippen LogP contribution in [0, 0.1) is 11.6 Å². The molecule has 2 rings (SSSR count). The number of carbonyl (C=O) groups excluding carboxylic acids is 1. The second-order valence-corrected chi connectivity index (χ2v) is 5.28. The van der Waals surface area contributed by atoms with Crippen LogP contribution in [-0.2, 0) is 24.8 Å². The fourth-order valence-electron chi connectivity index (χ4n) is 2.25. The zero-order valence-corrected chi connectivity index (χ0v) is 12.9. The zero-order chi connectivity index (χ0) is 16.8. The van der Waals surface area contributed by atoms with E-state index >= 15 is 0 Å². The molecule has 0 fully saturated rings. The van der Waals surface area contributed by atoms with E-state index in [4.69, 9.17) is 5.11 Å². The topological polar surface area (TPSA) is 58.4 Å². The van der Waals surface area contributed by atoms with Gasteiger partial charge in [0.15, 0.2) is 11.6 Å². The van der Waals surface area contributed by atoms with Crippen LogP contribution in [0.15, 0.2) is 30.7 Å². The Morgan fingerprint density at radius 2 is 2.13 bits per heavy atom. The molecule has 1 aromatic carbocycles. The Kier molecular flexibility index (Phi) is 5.81. The Balaban J connectivity index is 1.97. The molecule has 0 unspecified atom stereocenters.